The molecule has 2 aliphatic rings. The summed E-state index contributed by atoms with van der Waals surface area (Å²) in [5.41, 5.74) is 0.140. The van der Waals surface area contributed by atoms with Gasteiger partial charge in [0.25, 0.3) is 11.4 Å². The number of carbonyl (C=O) groups is 1. The van der Waals surface area contributed by atoms with Gasteiger partial charge in [0.15, 0.2) is 5.71 Å². The Labute approximate surface area is 116 Å². The number of hydroxylamine groups is 1. The molecule has 0 unspecified atom stereocenters. The van der Waals surface area contributed by atoms with Crippen LogP contribution in [0, 0.1) is 11.1 Å². The van der Waals surface area contributed by atoms with Crippen LogP contribution in [0.25, 0.3) is 0 Å². The van der Waals surface area contributed by atoms with Gasteiger partial charge in [0.1, 0.15) is 5.92 Å². The van der Waals surface area contributed by atoms with Crippen LogP contribution in [-0.4, -0.2) is 39.9 Å². The van der Waals surface area contributed by atoms with E-state index in [9.17, 15) is 10.0 Å². The van der Waals surface area contributed by atoms with E-state index in [2.05, 4.69) is 0 Å². The lowest BCUT2D eigenvalue weighted by molar-refractivity contribution is -0.574. The number of fused-ring (bicyclic) bond motifs is 1. The Morgan fingerprint density at radius 3 is 2.58 bits per heavy atom. The average Bonchev–Trinajstić information content (AvgIpc) is 2.39. The molecule has 1 aliphatic carbocycles. The van der Waals surface area contributed by atoms with E-state index in [1.54, 1.807) is 4.90 Å². The lowest BCUT2D eigenvalue weighted by Crippen LogP contribution is -2.68. The standard InChI is InChI=1S/C15H26N2O2/c1-4-16(5-2)14(18)15(3)12-10-8-6-7-9-11-13(12)17(15)19/h12H,4-11H2,1-3H3/t12-,15+/m0/s1. The fourth-order valence-electron chi connectivity index (χ4n) is 3.64. The number of carbonyl (C=O) groups excluding carboxylic acids is 1. The molecule has 0 aromatic heterocycles. The van der Waals surface area contributed by atoms with Gasteiger partial charge in [-0.3, -0.25) is 4.79 Å². The highest BCUT2D eigenvalue weighted by Gasteiger charge is 2.62. The van der Waals surface area contributed by atoms with Crippen LogP contribution in [0.4, 0.5) is 0 Å². The predicted octanol–water partition coefficient (Wildman–Crippen LogP) is 2.55. The number of amides is 1. The van der Waals surface area contributed by atoms with Crippen molar-refractivity contribution in [3.8, 4) is 0 Å². The van der Waals surface area contributed by atoms with Gasteiger partial charge in [0, 0.05) is 26.4 Å². The van der Waals surface area contributed by atoms with Crippen molar-refractivity contribution in [1.82, 2.24) is 4.90 Å². The van der Waals surface area contributed by atoms with Crippen LogP contribution in [0.3, 0.4) is 0 Å². The predicted molar refractivity (Wildman–Crippen MR) is 76.2 cm³/mol. The normalized spacial score (nSPS) is 31.0. The topological polar surface area (TPSA) is 46.4 Å². The Kier molecular flexibility index (Phi) is 4.16. The Balaban J connectivity index is 2.25. The molecular weight excluding hydrogens is 240 g/mol. The first kappa shape index (κ1) is 14.4. The Morgan fingerprint density at radius 2 is 1.95 bits per heavy atom. The molecule has 0 saturated heterocycles. The maximum atomic E-state index is 12.6. The molecule has 1 aliphatic heterocycles. The highest BCUT2D eigenvalue weighted by atomic mass is 16.5. The molecular formula is C15H26N2O2. The van der Waals surface area contributed by atoms with Gasteiger partial charge in [-0.15, -0.1) is 0 Å². The van der Waals surface area contributed by atoms with Crippen molar-refractivity contribution < 1.29 is 9.53 Å². The van der Waals surface area contributed by atoms with Crippen LogP contribution < -0.4 is 0 Å². The summed E-state index contributed by atoms with van der Waals surface area (Å²) >= 11 is 0. The Morgan fingerprint density at radius 1 is 1.32 bits per heavy atom. The van der Waals surface area contributed by atoms with Gasteiger partial charge in [-0.25, -0.2) is 0 Å². The summed E-state index contributed by atoms with van der Waals surface area (Å²) in [4.78, 5) is 14.4. The van der Waals surface area contributed by atoms with Gasteiger partial charge in [-0.2, -0.15) is 4.74 Å². The van der Waals surface area contributed by atoms with Crippen molar-refractivity contribution in [3.05, 3.63) is 5.21 Å². The summed E-state index contributed by atoms with van der Waals surface area (Å²) in [5.74, 6) is 0.195. The first-order valence-corrected chi connectivity index (χ1v) is 7.69. The second kappa shape index (κ2) is 5.51. The minimum atomic E-state index is -0.835. The van der Waals surface area contributed by atoms with Crippen molar-refractivity contribution in [3.63, 3.8) is 0 Å². The summed E-state index contributed by atoms with van der Waals surface area (Å²) in [5, 5.41) is 12.4. The van der Waals surface area contributed by atoms with E-state index in [0.717, 1.165) is 36.1 Å². The van der Waals surface area contributed by atoms with Crippen LogP contribution in [0.1, 0.15) is 59.3 Å². The van der Waals surface area contributed by atoms with Gasteiger partial charge >= 0.3 is 0 Å². The van der Waals surface area contributed by atoms with Gasteiger partial charge in [0.2, 0.25) is 0 Å². The van der Waals surface area contributed by atoms with Crippen molar-refractivity contribution in [1.29, 1.82) is 0 Å². The van der Waals surface area contributed by atoms with Crippen LogP contribution in [0.2, 0.25) is 0 Å². The molecule has 0 N–H and O–H groups in total. The lowest BCUT2D eigenvalue weighted by Gasteiger charge is -2.45. The van der Waals surface area contributed by atoms with E-state index >= 15 is 0 Å². The number of hydrogen-bond acceptors (Lipinski definition) is 2. The van der Waals surface area contributed by atoms with Crippen LogP contribution in [0.15, 0.2) is 0 Å². The summed E-state index contributed by atoms with van der Waals surface area (Å²) in [7, 11) is 0. The molecule has 1 amide bonds. The van der Waals surface area contributed by atoms with E-state index in [4.69, 9.17) is 0 Å². The number of hydrogen-bond donors (Lipinski definition) is 0. The Hall–Kier alpha value is -1.06. The monoisotopic (exact) mass is 266 g/mol. The van der Waals surface area contributed by atoms with Crippen LogP contribution >= 0.6 is 0 Å². The zero-order valence-electron chi connectivity index (χ0n) is 12.4. The van der Waals surface area contributed by atoms with Crippen LogP contribution in [0.5, 0.6) is 0 Å². The number of nitrogens with zero attached hydrogens (tertiary/aromatic N) is 2. The van der Waals surface area contributed by atoms with E-state index in [-0.39, 0.29) is 11.8 Å². The molecule has 108 valence electrons. The molecule has 2 rings (SSSR count). The molecule has 0 bridgehead atoms. The smallest absolute Gasteiger partial charge is 0.296 e. The van der Waals surface area contributed by atoms with Gasteiger partial charge < -0.3 is 10.1 Å². The van der Waals surface area contributed by atoms with E-state index in [1.165, 1.54) is 12.8 Å². The molecule has 0 aromatic rings. The molecule has 4 nitrogen and oxygen atoms in total. The maximum Gasteiger partial charge on any atom is 0.296 e. The zero-order valence-corrected chi connectivity index (χ0v) is 12.4. The largest absolute Gasteiger partial charge is 0.623 e. The Bertz CT molecular complexity index is 388. The molecule has 0 aromatic carbocycles. The van der Waals surface area contributed by atoms with E-state index in [0.29, 0.717) is 13.1 Å². The van der Waals surface area contributed by atoms with Gasteiger partial charge in [-0.1, -0.05) is 19.3 Å². The highest BCUT2D eigenvalue weighted by Crippen LogP contribution is 2.40. The summed E-state index contributed by atoms with van der Waals surface area (Å²) in [6.07, 6.45) is 6.57. The average molecular weight is 266 g/mol. The second-order valence-corrected chi connectivity index (χ2v) is 5.92. The molecule has 2 atom stereocenters. The maximum absolute atomic E-state index is 12.6. The molecule has 19 heavy (non-hydrogen) atoms. The third-order valence-corrected chi connectivity index (χ3v) is 4.92. The lowest BCUT2D eigenvalue weighted by atomic mass is 9.69. The molecule has 0 radical (unpaired) electrons. The van der Waals surface area contributed by atoms with Gasteiger partial charge in [-0.05, 0) is 26.7 Å². The van der Waals surface area contributed by atoms with E-state index < -0.39 is 5.54 Å². The van der Waals surface area contributed by atoms with Crippen molar-refractivity contribution >= 4 is 11.6 Å². The minimum absolute atomic E-state index is 0.0156. The quantitative estimate of drug-likeness (QED) is 0.582. The molecule has 1 fully saturated rings. The SMILES string of the molecule is CCN(CC)C(=O)[C@@]1(C)[C@H]2CCCCCCC2=[N+]1[O-]. The summed E-state index contributed by atoms with van der Waals surface area (Å²) in [6.45, 7) is 7.15. The van der Waals surface area contributed by atoms with Gasteiger partial charge in [0.05, 0.1) is 0 Å². The zero-order chi connectivity index (χ0) is 14.0. The number of rotatable bonds is 3. The molecule has 0 spiro atoms. The summed E-state index contributed by atoms with van der Waals surface area (Å²) in [6, 6.07) is 0. The minimum Gasteiger partial charge on any atom is -0.623 e. The fourth-order valence-corrected chi connectivity index (χ4v) is 3.64. The fraction of sp³-hybridized carbons (Fsp3) is 0.867. The highest BCUT2D eigenvalue weighted by molar-refractivity contribution is 5.98. The second-order valence-electron chi connectivity index (χ2n) is 5.92. The molecule has 1 saturated carbocycles. The molecule has 1 heterocycles. The first-order chi connectivity index (χ1) is 9.07. The summed E-state index contributed by atoms with van der Waals surface area (Å²) < 4.78 is 1.03. The third-order valence-electron chi connectivity index (χ3n) is 4.92. The number of likely N-dealkylation sites (N-methyl/N-ethyl adjacent to an activating group) is 1. The van der Waals surface area contributed by atoms with Crippen molar-refractivity contribution in [2.45, 2.75) is 64.8 Å². The van der Waals surface area contributed by atoms with Crippen molar-refractivity contribution in [2.24, 2.45) is 5.92 Å². The molecule has 4 heteroatoms. The third kappa shape index (κ3) is 2.15. The van der Waals surface area contributed by atoms with Crippen LogP contribution in [-0.2, 0) is 4.79 Å². The van der Waals surface area contributed by atoms with E-state index in [1.807, 2.05) is 20.8 Å². The first-order valence-electron chi connectivity index (χ1n) is 7.69. The van der Waals surface area contributed by atoms with Crippen molar-refractivity contribution in [2.75, 3.05) is 13.1 Å².